The largest absolute Gasteiger partial charge is 0.400 e. The molecule has 0 spiro atoms. The van der Waals surface area contributed by atoms with E-state index in [2.05, 4.69) is 13.8 Å². The summed E-state index contributed by atoms with van der Waals surface area (Å²) in [5.74, 6) is 0. The first-order valence-corrected chi connectivity index (χ1v) is 6.25. The van der Waals surface area contributed by atoms with Crippen LogP contribution in [0, 0.1) is 5.41 Å². The van der Waals surface area contributed by atoms with Gasteiger partial charge in [-0.3, -0.25) is 0 Å². The topological polar surface area (TPSA) is 18.5 Å². The monoisotopic (exact) mass is 188 g/mol. The third kappa shape index (κ3) is 2.31. The van der Waals surface area contributed by atoms with Gasteiger partial charge in [0.2, 0.25) is 0 Å². The first kappa shape index (κ1) is 10.2. The third-order valence-electron chi connectivity index (χ3n) is 2.86. The maximum atomic E-state index is 5.39. The van der Waals surface area contributed by atoms with Crippen LogP contribution in [0.5, 0.6) is 0 Å². The first-order chi connectivity index (χ1) is 5.59. The lowest BCUT2D eigenvalue weighted by Crippen LogP contribution is -2.25. The Morgan fingerprint density at radius 1 is 1.25 bits per heavy atom. The van der Waals surface area contributed by atoms with E-state index >= 15 is 0 Å². The van der Waals surface area contributed by atoms with Crippen LogP contribution in [0.2, 0.25) is 5.54 Å². The zero-order valence-electron chi connectivity index (χ0n) is 8.59. The Morgan fingerprint density at radius 3 is 2.17 bits per heavy atom. The Balaban J connectivity index is 2.45. The molecule has 0 radical (unpaired) electrons. The van der Waals surface area contributed by atoms with Crippen molar-refractivity contribution in [1.82, 2.24) is 0 Å². The van der Waals surface area contributed by atoms with E-state index < -0.39 is 9.28 Å². The van der Waals surface area contributed by atoms with Gasteiger partial charge in [0.25, 0.3) is 0 Å². The molecule has 1 saturated carbocycles. The molecule has 1 unspecified atom stereocenters. The molecule has 0 amide bonds. The second-order valence-corrected chi connectivity index (χ2v) is 7.13. The van der Waals surface area contributed by atoms with E-state index in [9.17, 15) is 0 Å². The van der Waals surface area contributed by atoms with E-state index in [1.807, 2.05) is 0 Å². The van der Waals surface area contributed by atoms with Crippen molar-refractivity contribution in [3.63, 3.8) is 0 Å². The highest BCUT2D eigenvalue weighted by atomic mass is 28.3. The fourth-order valence-corrected chi connectivity index (χ4v) is 4.44. The average Bonchev–Trinajstić information content (AvgIpc) is 2.34. The second-order valence-electron chi connectivity index (χ2n) is 4.51. The van der Waals surface area contributed by atoms with Crippen molar-refractivity contribution in [2.45, 2.75) is 38.7 Å². The minimum absolute atomic E-state index is 0.521. The summed E-state index contributed by atoms with van der Waals surface area (Å²) >= 11 is 0. The van der Waals surface area contributed by atoms with E-state index in [1.165, 1.54) is 19.3 Å². The molecule has 2 nitrogen and oxygen atoms in total. The van der Waals surface area contributed by atoms with Gasteiger partial charge in [-0.15, -0.1) is 0 Å². The van der Waals surface area contributed by atoms with Gasteiger partial charge >= 0.3 is 9.28 Å². The van der Waals surface area contributed by atoms with Gasteiger partial charge in [0.15, 0.2) is 0 Å². The van der Waals surface area contributed by atoms with Crippen molar-refractivity contribution in [3.8, 4) is 0 Å². The Morgan fingerprint density at radius 2 is 1.83 bits per heavy atom. The summed E-state index contributed by atoms with van der Waals surface area (Å²) in [6, 6.07) is 0. The predicted octanol–water partition coefficient (Wildman–Crippen LogP) is 2.08. The molecule has 0 aromatic heterocycles. The van der Waals surface area contributed by atoms with Crippen LogP contribution >= 0.6 is 0 Å². The highest BCUT2D eigenvalue weighted by Crippen LogP contribution is 2.45. The Bertz CT molecular complexity index is 143. The van der Waals surface area contributed by atoms with Gasteiger partial charge in [-0.1, -0.05) is 13.8 Å². The molecule has 1 aliphatic carbocycles. The highest BCUT2D eigenvalue weighted by molar-refractivity contribution is 6.46. The zero-order chi connectivity index (χ0) is 9.19. The zero-order valence-corrected chi connectivity index (χ0v) is 9.75. The molecule has 0 aromatic rings. The second kappa shape index (κ2) is 3.90. The maximum absolute atomic E-state index is 5.39. The van der Waals surface area contributed by atoms with Crippen molar-refractivity contribution in [1.29, 1.82) is 0 Å². The Kier molecular flexibility index (Phi) is 3.32. The van der Waals surface area contributed by atoms with Crippen LogP contribution in [0.25, 0.3) is 0 Å². The summed E-state index contributed by atoms with van der Waals surface area (Å²) < 4.78 is 10.8. The fraction of sp³-hybridized carbons (Fsp3) is 1.00. The molecule has 0 N–H and O–H groups in total. The lowest BCUT2D eigenvalue weighted by atomic mass is 9.92. The summed E-state index contributed by atoms with van der Waals surface area (Å²) in [5.41, 5.74) is 1.25. The fourth-order valence-electron chi connectivity index (χ4n) is 2.20. The molecule has 1 fully saturated rings. The molecule has 1 aliphatic rings. The van der Waals surface area contributed by atoms with Gasteiger partial charge < -0.3 is 8.85 Å². The summed E-state index contributed by atoms with van der Waals surface area (Å²) in [6.07, 6.45) is 3.91. The molecule has 1 rings (SSSR count). The summed E-state index contributed by atoms with van der Waals surface area (Å²) in [6.45, 7) is 4.67. The molecule has 3 heteroatoms. The van der Waals surface area contributed by atoms with E-state index in [0.29, 0.717) is 5.41 Å². The van der Waals surface area contributed by atoms with E-state index in [1.54, 1.807) is 14.2 Å². The predicted molar refractivity (Wildman–Crippen MR) is 52.5 cm³/mol. The van der Waals surface area contributed by atoms with Gasteiger partial charge in [-0.05, 0) is 24.7 Å². The maximum Gasteiger partial charge on any atom is 0.324 e. The molecule has 0 heterocycles. The van der Waals surface area contributed by atoms with Crippen LogP contribution in [-0.4, -0.2) is 23.5 Å². The molecule has 0 aliphatic heterocycles. The minimum atomic E-state index is -1.33. The lowest BCUT2D eigenvalue weighted by Gasteiger charge is -2.20. The van der Waals surface area contributed by atoms with Crippen LogP contribution in [0.3, 0.4) is 0 Å². The van der Waals surface area contributed by atoms with Gasteiger partial charge in [0, 0.05) is 19.8 Å². The molecule has 72 valence electrons. The highest BCUT2D eigenvalue weighted by Gasteiger charge is 2.37. The molecule has 1 atom stereocenters. The molecule has 0 bridgehead atoms. The van der Waals surface area contributed by atoms with Crippen LogP contribution < -0.4 is 0 Å². The molecule has 12 heavy (non-hydrogen) atoms. The van der Waals surface area contributed by atoms with Crippen LogP contribution in [0.1, 0.15) is 33.1 Å². The van der Waals surface area contributed by atoms with Crippen molar-refractivity contribution >= 4 is 9.28 Å². The number of rotatable bonds is 3. The lowest BCUT2D eigenvalue weighted by molar-refractivity contribution is 0.261. The van der Waals surface area contributed by atoms with Gasteiger partial charge in [-0.2, -0.15) is 0 Å². The van der Waals surface area contributed by atoms with Crippen LogP contribution in [0.4, 0.5) is 0 Å². The number of hydrogen-bond acceptors (Lipinski definition) is 2. The summed E-state index contributed by atoms with van der Waals surface area (Å²) in [4.78, 5) is 0. The minimum Gasteiger partial charge on any atom is -0.400 e. The quantitative estimate of drug-likeness (QED) is 0.631. The van der Waals surface area contributed by atoms with Crippen molar-refractivity contribution in [3.05, 3.63) is 0 Å². The Labute approximate surface area is 77.1 Å². The van der Waals surface area contributed by atoms with E-state index in [-0.39, 0.29) is 0 Å². The third-order valence-corrected chi connectivity index (χ3v) is 5.12. The van der Waals surface area contributed by atoms with Crippen molar-refractivity contribution in [2.24, 2.45) is 5.41 Å². The normalized spacial score (nSPS) is 28.2. The van der Waals surface area contributed by atoms with Crippen LogP contribution in [0.15, 0.2) is 0 Å². The van der Waals surface area contributed by atoms with Crippen molar-refractivity contribution in [2.75, 3.05) is 14.2 Å². The van der Waals surface area contributed by atoms with Crippen LogP contribution in [-0.2, 0) is 8.85 Å². The SMILES string of the molecule is CO[SiH](OC)C1CCC(C)(C)C1. The standard InChI is InChI=1S/C9H20O2Si/c1-9(2)6-5-8(7-9)12(10-3)11-4/h8,12H,5-7H2,1-4H3. The average molecular weight is 188 g/mol. The first-order valence-electron chi connectivity index (χ1n) is 4.64. The molecular formula is C9H20O2Si. The Hall–Kier alpha value is 0.137. The molecule has 0 saturated heterocycles. The molecule has 0 aromatic carbocycles. The number of hydrogen-bond donors (Lipinski definition) is 0. The van der Waals surface area contributed by atoms with E-state index in [4.69, 9.17) is 8.85 Å². The summed E-state index contributed by atoms with van der Waals surface area (Å²) in [5, 5.41) is 0. The molecular weight excluding hydrogens is 168 g/mol. The summed E-state index contributed by atoms with van der Waals surface area (Å²) in [7, 11) is 2.24. The van der Waals surface area contributed by atoms with E-state index in [0.717, 1.165) is 5.54 Å². The van der Waals surface area contributed by atoms with Crippen molar-refractivity contribution < 1.29 is 8.85 Å². The van der Waals surface area contributed by atoms with Gasteiger partial charge in [0.1, 0.15) is 0 Å². The van der Waals surface area contributed by atoms with Gasteiger partial charge in [-0.25, -0.2) is 0 Å². The van der Waals surface area contributed by atoms with Gasteiger partial charge in [0.05, 0.1) is 0 Å². The smallest absolute Gasteiger partial charge is 0.324 e.